The molecule has 9 nitrogen and oxygen atoms in total. The van der Waals surface area contributed by atoms with Gasteiger partial charge in [0, 0.05) is 7.05 Å². The van der Waals surface area contributed by atoms with Gasteiger partial charge in [-0.3, -0.25) is 0 Å². The molecule has 1 aliphatic rings. The average Bonchev–Trinajstić information content (AvgIpc) is 2.30. The van der Waals surface area contributed by atoms with Crippen LogP contribution in [0.1, 0.15) is 6.92 Å². The highest BCUT2D eigenvalue weighted by molar-refractivity contribution is 5.73. The summed E-state index contributed by atoms with van der Waals surface area (Å²) in [5.41, 5.74) is 0. The minimum absolute atomic E-state index is 0.448. The SMILES string of the molecule is C[C@H]1O[C@H](O)[C@H](NC(=O)N(C)N=O)[C@@H](O)[C@@H]1O. The minimum atomic E-state index is -1.48. The molecule has 1 saturated heterocycles. The Hall–Kier alpha value is -1.29. The third-order valence-corrected chi connectivity index (χ3v) is 2.57. The van der Waals surface area contributed by atoms with Crippen molar-refractivity contribution in [2.24, 2.45) is 5.29 Å². The molecule has 0 radical (unpaired) electrons. The number of amides is 2. The Morgan fingerprint density at radius 3 is 2.47 bits per heavy atom. The van der Waals surface area contributed by atoms with Gasteiger partial charge in [-0.25, -0.2) is 4.79 Å². The lowest BCUT2D eigenvalue weighted by Crippen LogP contribution is -2.63. The average molecular weight is 249 g/mol. The Kier molecular flexibility index (Phi) is 4.34. The number of nitrogens with one attached hydrogen (secondary N) is 1. The van der Waals surface area contributed by atoms with Crippen LogP contribution in [0.4, 0.5) is 4.79 Å². The van der Waals surface area contributed by atoms with Gasteiger partial charge in [-0.1, -0.05) is 0 Å². The number of aliphatic hydroxyl groups excluding tert-OH is 3. The van der Waals surface area contributed by atoms with Gasteiger partial charge < -0.3 is 25.4 Å². The summed E-state index contributed by atoms with van der Waals surface area (Å²) in [6.45, 7) is 1.47. The zero-order chi connectivity index (χ0) is 13.2. The predicted octanol–water partition coefficient (Wildman–Crippen LogP) is -1.86. The summed E-state index contributed by atoms with van der Waals surface area (Å²) in [5, 5.41) is 33.6. The third-order valence-electron chi connectivity index (χ3n) is 2.57. The molecule has 0 saturated carbocycles. The summed E-state index contributed by atoms with van der Waals surface area (Å²) in [7, 11) is 1.10. The Morgan fingerprint density at radius 1 is 1.35 bits per heavy atom. The van der Waals surface area contributed by atoms with E-state index in [1.807, 2.05) is 0 Å². The summed E-state index contributed by atoms with van der Waals surface area (Å²) in [6, 6.07) is -2.16. The Morgan fingerprint density at radius 2 is 1.94 bits per heavy atom. The first kappa shape index (κ1) is 13.8. The van der Waals surface area contributed by atoms with Crippen LogP contribution in [-0.2, 0) is 4.74 Å². The molecular weight excluding hydrogens is 234 g/mol. The van der Waals surface area contributed by atoms with Crippen molar-refractivity contribution >= 4 is 6.03 Å². The highest BCUT2D eigenvalue weighted by Crippen LogP contribution is 2.19. The van der Waals surface area contributed by atoms with Crippen molar-refractivity contribution in [1.82, 2.24) is 10.3 Å². The predicted molar refractivity (Wildman–Crippen MR) is 54.4 cm³/mol. The van der Waals surface area contributed by atoms with Crippen LogP contribution in [0.2, 0.25) is 0 Å². The second kappa shape index (κ2) is 5.36. The fourth-order valence-electron chi connectivity index (χ4n) is 1.47. The van der Waals surface area contributed by atoms with E-state index < -0.39 is 36.7 Å². The molecule has 1 rings (SSSR count). The molecule has 0 aliphatic carbocycles. The normalized spacial score (nSPS) is 37.4. The summed E-state index contributed by atoms with van der Waals surface area (Å²) >= 11 is 0. The van der Waals surface area contributed by atoms with E-state index in [0.717, 1.165) is 7.05 Å². The fraction of sp³-hybridized carbons (Fsp3) is 0.875. The molecule has 0 aromatic rings. The molecule has 0 aromatic heterocycles. The van der Waals surface area contributed by atoms with Crippen molar-refractivity contribution in [3.63, 3.8) is 0 Å². The van der Waals surface area contributed by atoms with Gasteiger partial charge >= 0.3 is 6.03 Å². The molecule has 17 heavy (non-hydrogen) atoms. The van der Waals surface area contributed by atoms with Gasteiger partial charge in [0.15, 0.2) is 6.29 Å². The lowest BCUT2D eigenvalue weighted by molar-refractivity contribution is -0.241. The molecule has 98 valence electrons. The first-order chi connectivity index (χ1) is 7.88. The molecule has 1 heterocycles. The molecule has 9 heteroatoms. The topological polar surface area (TPSA) is 132 Å². The molecule has 5 atom stereocenters. The number of urea groups is 1. The van der Waals surface area contributed by atoms with E-state index in [2.05, 4.69) is 10.6 Å². The summed E-state index contributed by atoms with van der Waals surface area (Å²) in [5.74, 6) is 0. The van der Waals surface area contributed by atoms with E-state index in [1.165, 1.54) is 6.92 Å². The Bertz CT molecular complexity index is 301. The molecule has 1 fully saturated rings. The van der Waals surface area contributed by atoms with Crippen LogP contribution < -0.4 is 5.32 Å². The molecule has 2 amide bonds. The van der Waals surface area contributed by atoms with Crippen molar-refractivity contribution in [2.45, 2.75) is 37.6 Å². The van der Waals surface area contributed by atoms with Gasteiger partial charge in [0.05, 0.1) is 11.4 Å². The smallest absolute Gasteiger partial charge is 0.340 e. The minimum Gasteiger partial charge on any atom is -0.388 e. The summed E-state index contributed by atoms with van der Waals surface area (Å²) < 4.78 is 4.90. The van der Waals surface area contributed by atoms with E-state index in [-0.39, 0.29) is 0 Å². The molecule has 0 unspecified atom stereocenters. The molecule has 0 spiro atoms. The highest BCUT2D eigenvalue weighted by atomic mass is 16.6. The zero-order valence-electron chi connectivity index (χ0n) is 9.35. The maximum atomic E-state index is 11.3. The van der Waals surface area contributed by atoms with E-state index in [9.17, 15) is 25.0 Å². The van der Waals surface area contributed by atoms with Gasteiger partial charge in [0.25, 0.3) is 0 Å². The monoisotopic (exact) mass is 249 g/mol. The van der Waals surface area contributed by atoms with Gasteiger partial charge in [0.1, 0.15) is 18.2 Å². The van der Waals surface area contributed by atoms with Gasteiger partial charge in [-0.15, -0.1) is 4.91 Å². The quantitative estimate of drug-likeness (QED) is 0.335. The Labute approximate surface area is 96.9 Å². The van der Waals surface area contributed by atoms with Crippen molar-refractivity contribution in [1.29, 1.82) is 0 Å². The second-order valence-corrected chi connectivity index (χ2v) is 3.79. The maximum Gasteiger partial charge on any atom is 0.340 e. The second-order valence-electron chi connectivity index (χ2n) is 3.79. The number of rotatable bonds is 2. The van der Waals surface area contributed by atoms with Gasteiger partial charge in [-0.2, -0.15) is 5.01 Å². The lowest BCUT2D eigenvalue weighted by atomic mass is 9.98. The fourth-order valence-corrected chi connectivity index (χ4v) is 1.47. The van der Waals surface area contributed by atoms with Crippen molar-refractivity contribution in [3.8, 4) is 0 Å². The van der Waals surface area contributed by atoms with Crippen molar-refractivity contribution in [3.05, 3.63) is 4.91 Å². The number of nitroso groups, excluding NO2 is 1. The summed E-state index contributed by atoms with van der Waals surface area (Å²) in [4.78, 5) is 21.4. The first-order valence-electron chi connectivity index (χ1n) is 4.95. The van der Waals surface area contributed by atoms with Crippen LogP contribution in [0.5, 0.6) is 0 Å². The van der Waals surface area contributed by atoms with Crippen LogP contribution in [0.3, 0.4) is 0 Å². The van der Waals surface area contributed by atoms with Crippen LogP contribution in [-0.4, -0.2) is 64.1 Å². The first-order valence-corrected chi connectivity index (χ1v) is 4.95. The number of nitrogens with zero attached hydrogens (tertiary/aromatic N) is 2. The van der Waals surface area contributed by atoms with Gasteiger partial charge in [0.2, 0.25) is 0 Å². The number of hydrogen-bond acceptors (Lipinski definition) is 7. The third kappa shape index (κ3) is 2.88. The van der Waals surface area contributed by atoms with E-state index in [0.29, 0.717) is 5.01 Å². The van der Waals surface area contributed by atoms with Crippen LogP contribution in [0.15, 0.2) is 5.29 Å². The van der Waals surface area contributed by atoms with Crippen molar-refractivity contribution in [2.75, 3.05) is 7.05 Å². The number of ether oxygens (including phenoxy) is 1. The Balaban J connectivity index is 2.69. The molecule has 0 aromatic carbocycles. The van der Waals surface area contributed by atoms with E-state index in [4.69, 9.17) is 4.74 Å². The standard InChI is InChI=1S/C8H15N3O6/c1-3-5(12)6(13)4(7(14)17-3)9-8(15)11(2)10-16/h3-7,12-14H,1-2H3,(H,9,15)/t3-,4-,5-,6-,7+/m1/s1. The maximum absolute atomic E-state index is 11.3. The van der Waals surface area contributed by atoms with Crippen LogP contribution in [0, 0.1) is 4.91 Å². The highest BCUT2D eigenvalue weighted by Gasteiger charge is 2.43. The van der Waals surface area contributed by atoms with E-state index in [1.54, 1.807) is 0 Å². The zero-order valence-corrected chi connectivity index (χ0v) is 9.35. The van der Waals surface area contributed by atoms with Crippen LogP contribution >= 0.6 is 0 Å². The van der Waals surface area contributed by atoms with Crippen molar-refractivity contribution < 1.29 is 24.9 Å². The largest absolute Gasteiger partial charge is 0.388 e. The molecule has 0 bridgehead atoms. The molecule has 4 N–H and O–H groups in total. The lowest BCUT2D eigenvalue weighted by Gasteiger charge is -2.39. The summed E-state index contributed by atoms with van der Waals surface area (Å²) in [6.07, 6.45) is -4.90. The molecular formula is C8H15N3O6. The number of aliphatic hydroxyl groups is 3. The molecule has 1 aliphatic heterocycles. The number of hydrogen-bond donors (Lipinski definition) is 4. The van der Waals surface area contributed by atoms with E-state index >= 15 is 0 Å². The van der Waals surface area contributed by atoms with Gasteiger partial charge in [-0.05, 0) is 6.92 Å². The number of carbonyl (C=O) groups excluding carboxylic acids is 1. The van der Waals surface area contributed by atoms with Crippen LogP contribution in [0.25, 0.3) is 0 Å². The number of carbonyl (C=O) groups is 1.